The zero-order chi connectivity index (χ0) is 25.0. The van der Waals surface area contributed by atoms with E-state index in [1.54, 1.807) is 55.6 Å². The Morgan fingerprint density at radius 3 is 2.34 bits per heavy atom. The van der Waals surface area contributed by atoms with Crippen molar-refractivity contribution in [3.63, 3.8) is 0 Å². The third-order valence-electron chi connectivity index (χ3n) is 6.11. The van der Waals surface area contributed by atoms with E-state index in [-0.39, 0.29) is 27.6 Å². The minimum Gasteiger partial charge on any atom is -0.372 e. The Bertz CT molecular complexity index is 1660. The molecule has 0 saturated carbocycles. The number of nitrogens with zero attached hydrogens (tertiary/aromatic N) is 3. The van der Waals surface area contributed by atoms with E-state index in [9.17, 15) is 26.7 Å². The Kier molecular flexibility index (Phi) is 5.26. The van der Waals surface area contributed by atoms with Gasteiger partial charge in [0.25, 0.3) is 10.0 Å². The highest BCUT2D eigenvalue weighted by Crippen LogP contribution is 2.47. The lowest BCUT2D eigenvalue weighted by Crippen LogP contribution is -2.43. The quantitative estimate of drug-likeness (QED) is 0.380. The summed E-state index contributed by atoms with van der Waals surface area (Å²) in [6.07, 6.45) is -2.61. The molecule has 5 rings (SSSR count). The standard InChI is InChI=1S/C25H20F3N3O3S/c1-30-15-21(20-9-5-6-10-23(20)30)24(32,25(26,27)28)19-11-12-22-18(13-19)14-29-31(22)35(33,34)16-17-7-3-2-4-8-17/h2-15,32H,16H2,1H3. The molecule has 3 aromatic carbocycles. The Hall–Kier alpha value is -3.63. The van der Waals surface area contributed by atoms with Gasteiger partial charge in [-0.25, -0.2) is 8.42 Å². The number of alkyl halides is 3. The number of aromatic nitrogens is 3. The third kappa shape index (κ3) is 3.69. The van der Waals surface area contributed by atoms with Crippen molar-refractivity contribution in [3.05, 3.63) is 102 Å². The van der Waals surface area contributed by atoms with Gasteiger partial charge in [0.05, 0.1) is 17.5 Å². The summed E-state index contributed by atoms with van der Waals surface area (Å²) in [4.78, 5) is 0. The minimum absolute atomic E-state index is 0.118. The number of aliphatic hydroxyl groups is 1. The molecule has 6 nitrogen and oxygen atoms in total. The lowest BCUT2D eigenvalue weighted by molar-refractivity contribution is -0.247. The topological polar surface area (TPSA) is 77.1 Å². The molecular formula is C25H20F3N3O3S. The molecule has 0 fully saturated rings. The summed E-state index contributed by atoms with van der Waals surface area (Å²) in [5.74, 6) is -0.325. The van der Waals surface area contributed by atoms with Crippen LogP contribution in [0, 0.1) is 0 Å². The van der Waals surface area contributed by atoms with Gasteiger partial charge < -0.3 is 9.67 Å². The first-order chi connectivity index (χ1) is 16.5. The highest BCUT2D eigenvalue weighted by molar-refractivity contribution is 7.89. The van der Waals surface area contributed by atoms with Crippen molar-refractivity contribution in [1.29, 1.82) is 0 Å². The van der Waals surface area contributed by atoms with Crippen molar-refractivity contribution in [1.82, 2.24) is 13.8 Å². The summed E-state index contributed by atoms with van der Waals surface area (Å²) >= 11 is 0. The number of para-hydroxylation sites is 1. The van der Waals surface area contributed by atoms with E-state index in [4.69, 9.17) is 0 Å². The molecular weight excluding hydrogens is 479 g/mol. The first-order valence-corrected chi connectivity index (χ1v) is 12.2. The third-order valence-corrected chi connectivity index (χ3v) is 7.62. The second-order valence-electron chi connectivity index (χ2n) is 8.38. The van der Waals surface area contributed by atoms with Crippen LogP contribution in [0.4, 0.5) is 13.2 Å². The van der Waals surface area contributed by atoms with Crippen LogP contribution < -0.4 is 0 Å². The Balaban J connectivity index is 1.64. The number of rotatable bonds is 5. The first-order valence-electron chi connectivity index (χ1n) is 10.6. The van der Waals surface area contributed by atoms with Crippen LogP contribution in [0.25, 0.3) is 21.8 Å². The average Bonchev–Trinajstić information content (AvgIpc) is 3.40. The summed E-state index contributed by atoms with van der Waals surface area (Å²) < 4.78 is 71.7. The molecule has 35 heavy (non-hydrogen) atoms. The van der Waals surface area contributed by atoms with Gasteiger partial charge in [0, 0.05) is 35.1 Å². The van der Waals surface area contributed by atoms with Crippen LogP contribution in [0.2, 0.25) is 0 Å². The molecule has 0 spiro atoms. The molecule has 0 saturated heterocycles. The van der Waals surface area contributed by atoms with Gasteiger partial charge in [0.15, 0.2) is 0 Å². The van der Waals surface area contributed by atoms with Crippen molar-refractivity contribution in [2.24, 2.45) is 7.05 Å². The summed E-state index contributed by atoms with van der Waals surface area (Å²) in [6.45, 7) is 0. The maximum Gasteiger partial charge on any atom is 0.425 e. The van der Waals surface area contributed by atoms with Gasteiger partial charge in [-0.2, -0.15) is 22.4 Å². The number of halogens is 3. The van der Waals surface area contributed by atoms with Gasteiger partial charge in [0.2, 0.25) is 5.60 Å². The predicted molar refractivity (Wildman–Crippen MR) is 126 cm³/mol. The smallest absolute Gasteiger partial charge is 0.372 e. The van der Waals surface area contributed by atoms with E-state index in [1.807, 2.05) is 0 Å². The lowest BCUT2D eigenvalue weighted by atomic mass is 9.85. The fourth-order valence-electron chi connectivity index (χ4n) is 4.40. The van der Waals surface area contributed by atoms with Crippen molar-refractivity contribution in [2.45, 2.75) is 17.5 Å². The van der Waals surface area contributed by atoms with Crippen LogP contribution in [0.1, 0.15) is 16.7 Å². The van der Waals surface area contributed by atoms with E-state index in [0.717, 1.165) is 16.2 Å². The summed E-state index contributed by atoms with van der Waals surface area (Å²) in [6, 6.07) is 18.5. The van der Waals surface area contributed by atoms with Gasteiger partial charge in [-0.3, -0.25) is 0 Å². The number of hydrogen-bond donors (Lipinski definition) is 1. The van der Waals surface area contributed by atoms with Crippen LogP contribution >= 0.6 is 0 Å². The molecule has 1 N–H and O–H groups in total. The summed E-state index contributed by atoms with van der Waals surface area (Å²) in [5.41, 5.74) is -2.87. The lowest BCUT2D eigenvalue weighted by Gasteiger charge is -2.31. The monoisotopic (exact) mass is 499 g/mol. The Morgan fingerprint density at radius 1 is 0.943 bits per heavy atom. The molecule has 0 aliphatic rings. The number of aryl methyl sites for hydroxylation is 1. The molecule has 10 heteroatoms. The van der Waals surface area contributed by atoms with Gasteiger partial charge in [0.1, 0.15) is 0 Å². The molecule has 0 aliphatic heterocycles. The number of fused-ring (bicyclic) bond motifs is 2. The molecule has 0 bridgehead atoms. The molecule has 0 aliphatic carbocycles. The van der Waals surface area contributed by atoms with Crippen molar-refractivity contribution in [3.8, 4) is 0 Å². The van der Waals surface area contributed by atoms with E-state index in [0.29, 0.717) is 11.1 Å². The van der Waals surface area contributed by atoms with Crippen LogP contribution in [-0.4, -0.2) is 33.5 Å². The zero-order valence-electron chi connectivity index (χ0n) is 18.4. The number of benzene rings is 3. The molecule has 1 unspecified atom stereocenters. The van der Waals surface area contributed by atoms with Crippen molar-refractivity contribution >= 4 is 31.8 Å². The predicted octanol–water partition coefficient (Wildman–Crippen LogP) is 4.70. The Morgan fingerprint density at radius 2 is 1.63 bits per heavy atom. The van der Waals surface area contributed by atoms with Gasteiger partial charge in [-0.1, -0.05) is 54.6 Å². The molecule has 0 radical (unpaired) electrons. The Labute approximate surface area is 198 Å². The van der Waals surface area contributed by atoms with Crippen molar-refractivity contribution in [2.75, 3.05) is 0 Å². The van der Waals surface area contributed by atoms with Gasteiger partial charge in [-0.05, 0) is 29.3 Å². The maximum atomic E-state index is 14.5. The van der Waals surface area contributed by atoms with E-state index < -0.39 is 27.4 Å². The molecule has 0 amide bonds. The molecule has 1 atom stereocenters. The highest BCUT2D eigenvalue weighted by atomic mass is 32.2. The summed E-state index contributed by atoms with van der Waals surface area (Å²) in [7, 11) is -2.33. The summed E-state index contributed by atoms with van der Waals surface area (Å²) in [5, 5.41) is 15.6. The molecule has 2 aromatic heterocycles. The van der Waals surface area contributed by atoms with E-state index in [1.165, 1.54) is 29.1 Å². The maximum absolute atomic E-state index is 14.5. The molecule has 180 valence electrons. The average molecular weight is 500 g/mol. The van der Waals surface area contributed by atoms with Crippen LogP contribution in [0.15, 0.2) is 85.2 Å². The zero-order valence-corrected chi connectivity index (χ0v) is 19.3. The molecule has 2 heterocycles. The van der Waals surface area contributed by atoms with E-state index in [2.05, 4.69) is 5.10 Å². The van der Waals surface area contributed by atoms with Gasteiger partial charge >= 0.3 is 6.18 Å². The second-order valence-corrected chi connectivity index (χ2v) is 10.2. The first kappa shape index (κ1) is 23.1. The number of hydrogen-bond acceptors (Lipinski definition) is 4. The molecule has 5 aromatic rings. The van der Waals surface area contributed by atoms with Crippen LogP contribution in [-0.2, 0) is 28.4 Å². The van der Waals surface area contributed by atoms with E-state index >= 15 is 0 Å². The minimum atomic E-state index is -5.06. The van der Waals surface area contributed by atoms with Gasteiger partial charge in [-0.15, -0.1) is 0 Å². The fraction of sp³-hybridized carbons (Fsp3) is 0.160. The largest absolute Gasteiger partial charge is 0.425 e. The highest BCUT2D eigenvalue weighted by Gasteiger charge is 2.57. The normalized spacial score (nSPS) is 14.4. The second kappa shape index (κ2) is 7.96. The van der Waals surface area contributed by atoms with Crippen LogP contribution in [0.3, 0.4) is 0 Å². The van der Waals surface area contributed by atoms with Crippen molar-refractivity contribution < 1.29 is 26.7 Å². The van der Waals surface area contributed by atoms with Crippen LogP contribution in [0.5, 0.6) is 0 Å². The fourth-order valence-corrected chi connectivity index (χ4v) is 5.80. The SMILES string of the molecule is Cn1cc(C(O)(c2ccc3c(cnn3S(=O)(=O)Cc3ccccc3)c2)C(F)(F)F)c2ccccc21.